The average molecular weight is 318 g/mol. The normalized spacial score (nSPS) is 25.3. The van der Waals surface area contributed by atoms with Gasteiger partial charge in [0, 0.05) is 12.1 Å². The van der Waals surface area contributed by atoms with E-state index in [1.54, 1.807) is 0 Å². The van der Waals surface area contributed by atoms with Crippen molar-refractivity contribution in [1.82, 2.24) is 4.90 Å². The van der Waals surface area contributed by atoms with E-state index in [1.165, 1.54) is 6.42 Å². The van der Waals surface area contributed by atoms with Gasteiger partial charge < -0.3 is 14.8 Å². The standard InChI is InChI=1S/C18H26N2O3/c1-2-20-11-4-3-5-17(20)18(21)19-14-6-8-15(9-7-14)23-16-10-12-22-13-16/h6-9,16-17H,2-5,10-13H2,1H3,(H,19,21)/t16-,17+/m0/s1. The van der Waals surface area contributed by atoms with E-state index in [0.29, 0.717) is 6.61 Å². The molecular weight excluding hydrogens is 292 g/mol. The fraction of sp³-hybridized carbons (Fsp3) is 0.611. The van der Waals surface area contributed by atoms with E-state index in [2.05, 4.69) is 17.1 Å². The molecule has 2 heterocycles. The minimum atomic E-state index is 0.000291. The van der Waals surface area contributed by atoms with Crippen LogP contribution in [0.15, 0.2) is 24.3 Å². The van der Waals surface area contributed by atoms with Crippen molar-refractivity contribution in [3.8, 4) is 5.75 Å². The molecule has 0 saturated carbocycles. The average Bonchev–Trinajstić information content (AvgIpc) is 3.09. The van der Waals surface area contributed by atoms with Crippen LogP contribution in [0.4, 0.5) is 5.69 Å². The lowest BCUT2D eigenvalue weighted by Crippen LogP contribution is -2.46. The monoisotopic (exact) mass is 318 g/mol. The molecule has 1 N–H and O–H groups in total. The highest BCUT2D eigenvalue weighted by Gasteiger charge is 2.27. The number of ether oxygens (including phenoxy) is 2. The molecule has 1 aromatic carbocycles. The second kappa shape index (κ2) is 7.79. The van der Waals surface area contributed by atoms with Crippen molar-refractivity contribution in [2.75, 3.05) is 31.6 Å². The number of nitrogens with zero attached hydrogens (tertiary/aromatic N) is 1. The van der Waals surface area contributed by atoms with E-state index >= 15 is 0 Å². The van der Waals surface area contributed by atoms with Crippen molar-refractivity contribution in [2.45, 2.75) is 44.8 Å². The smallest absolute Gasteiger partial charge is 0.241 e. The zero-order chi connectivity index (χ0) is 16.1. The molecule has 126 valence electrons. The molecule has 3 rings (SSSR count). The Morgan fingerprint density at radius 3 is 2.83 bits per heavy atom. The third-order valence-electron chi connectivity index (χ3n) is 4.64. The third kappa shape index (κ3) is 4.24. The molecule has 2 fully saturated rings. The van der Waals surface area contributed by atoms with Gasteiger partial charge in [0.15, 0.2) is 0 Å². The predicted octanol–water partition coefficient (Wildman–Crippen LogP) is 2.67. The van der Waals surface area contributed by atoms with Crippen LogP contribution in [0, 0.1) is 0 Å². The molecular formula is C18H26N2O3. The first-order valence-corrected chi connectivity index (χ1v) is 8.65. The minimum Gasteiger partial charge on any atom is -0.488 e. The van der Waals surface area contributed by atoms with Gasteiger partial charge in [-0.2, -0.15) is 0 Å². The van der Waals surface area contributed by atoms with Gasteiger partial charge in [0.05, 0.1) is 19.3 Å². The number of rotatable bonds is 5. The van der Waals surface area contributed by atoms with Crippen LogP contribution in [0.2, 0.25) is 0 Å². The Bertz CT molecular complexity index is 512. The van der Waals surface area contributed by atoms with E-state index in [4.69, 9.17) is 9.47 Å². The van der Waals surface area contributed by atoms with E-state index in [-0.39, 0.29) is 18.1 Å². The number of likely N-dealkylation sites (N-methyl/N-ethyl adjacent to an activating group) is 1. The molecule has 1 amide bonds. The second-order valence-electron chi connectivity index (χ2n) is 6.26. The van der Waals surface area contributed by atoms with Crippen LogP contribution in [0.25, 0.3) is 0 Å². The van der Waals surface area contributed by atoms with Crippen LogP contribution in [0.3, 0.4) is 0 Å². The Labute approximate surface area is 137 Å². The van der Waals surface area contributed by atoms with Crippen molar-refractivity contribution in [2.24, 2.45) is 0 Å². The molecule has 5 nitrogen and oxygen atoms in total. The Morgan fingerprint density at radius 1 is 1.30 bits per heavy atom. The summed E-state index contributed by atoms with van der Waals surface area (Å²) in [4.78, 5) is 14.8. The molecule has 5 heteroatoms. The Kier molecular flexibility index (Phi) is 5.51. The largest absolute Gasteiger partial charge is 0.488 e. The van der Waals surface area contributed by atoms with Gasteiger partial charge in [-0.15, -0.1) is 0 Å². The highest BCUT2D eigenvalue weighted by molar-refractivity contribution is 5.94. The Balaban J connectivity index is 1.55. The number of nitrogens with one attached hydrogen (secondary N) is 1. The number of likely N-dealkylation sites (tertiary alicyclic amines) is 1. The summed E-state index contributed by atoms with van der Waals surface area (Å²) in [5.41, 5.74) is 0.826. The number of benzene rings is 1. The van der Waals surface area contributed by atoms with Crippen LogP contribution in [-0.4, -0.2) is 49.3 Å². The number of hydrogen-bond acceptors (Lipinski definition) is 4. The first kappa shape index (κ1) is 16.3. The van der Waals surface area contributed by atoms with E-state index in [1.807, 2.05) is 24.3 Å². The fourth-order valence-corrected chi connectivity index (χ4v) is 3.31. The SMILES string of the molecule is CCN1CCCC[C@@H]1C(=O)Nc1ccc(O[C@H]2CCOC2)cc1. The molecule has 2 saturated heterocycles. The number of anilines is 1. The van der Waals surface area contributed by atoms with E-state index in [9.17, 15) is 4.79 Å². The summed E-state index contributed by atoms with van der Waals surface area (Å²) in [5, 5.41) is 3.04. The highest BCUT2D eigenvalue weighted by atomic mass is 16.5. The van der Waals surface area contributed by atoms with Crippen LogP contribution in [0.5, 0.6) is 5.75 Å². The number of piperidine rings is 1. The third-order valence-corrected chi connectivity index (χ3v) is 4.64. The fourth-order valence-electron chi connectivity index (χ4n) is 3.31. The van der Waals surface area contributed by atoms with Gasteiger partial charge in [-0.3, -0.25) is 9.69 Å². The molecule has 0 radical (unpaired) electrons. The van der Waals surface area contributed by atoms with Crippen LogP contribution in [-0.2, 0) is 9.53 Å². The summed E-state index contributed by atoms with van der Waals surface area (Å²) in [7, 11) is 0. The molecule has 0 aliphatic carbocycles. The van der Waals surface area contributed by atoms with Crippen LogP contribution >= 0.6 is 0 Å². The van der Waals surface area contributed by atoms with Crippen molar-refractivity contribution in [3.63, 3.8) is 0 Å². The second-order valence-corrected chi connectivity index (χ2v) is 6.26. The summed E-state index contributed by atoms with van der Waals surface area (Å²) in [6, 6.07) is 7.63. The lowest BCUT2D eigenvalue weighted by atomic mass is 10.0. The van der Waals surface area contributed by atoms with Crippen molar-refractivity contribution in [1.29, 1.82) is 0 Å². The van der Waals surface area contributed by atoms with Gasteiger partial charge in [0.2, 0.25) is 5.91 Å². The zero-order valence-corrected chi connectivity index (χ0v) is 13.8. The Hall–Kier alpha value is -1.59. The quantitative estimate of drug-likeness (QED) is 0.907. The number of carbonyl (C=O) groups excluding carboxylic acids is 1. The highest BCUT2D eigenvalue weighted by Crippen LogP contribution is 2.22. The summed E-state index contributed by atoms with van der Waals surface area (Å²) in [6.07, 6.45) is 4.35. The van der Waals surface area contributed by atoms with Gasteiger partial charge in [-0.25, -0.2) is 0 Å². The molecule has 2 atom stereocenters. The van der Waals surface area contributed by atoms with Crippen LogP contribution < -0.4 is 10.1 Å². The number of amides is 1. The maximum absolute atomic E-state index is 12.5. The lowest BCUT2D eigenvalue weighted by molar-refractivity contribution is -0.122. The predicted molar refractivity (Wildman–Crippen MR) is 89.8 cm³/mol. The zero-order valence-electron chi connectivity index (χ0n) is 13.8. The summed E-state index contributed by atoms with van der Waals surface area (Å²) in [6.45, 7) is 5.49. The summed E-state index contributed by atoms with van der Waals surface area (Å²) < 4.78 is 11.1. The molecule has 0 bridgehead atoms. The molecule has 0 unspecified atom stereocenters. The Morgan fingerprint density at radius 2 is 2.13 bits per heavy atom. The van der Waals surface area contributed by atoms with Crippen LogP contribution in [0.1, 0.15) is 32.6 Å². The van der Waals surface area contributed by atoms with Crippen molar-refractivity contribution < 1.29 is 14.3 Å². The first-order chi connectivity index (χ1) is 11.3. The van der Waals surface area contributed by atoms with Gasteiger partial charge in [-0.05, 0) is 50.2 Å². The molecule has 1 aromatic rings. The molecule has 0 aromatic heterocycles. The lowest BCUT2D eigenvalue weighted by Gasteiger charge is -2.33. The minimum absolute atomic E-state index is 0.000291. The molecule has 2 aliphatic heterocycles. The van der Waals surface area contributed by atoms with Gasteiger partial charge in [0.25, 0.3) is 0 Å². The van der Waals surface area contributed by atoms with Gasteiger partial charge in [-0.1, -0.05) is 13.3 Å². The van der Waals surface area contributed by atoms with Crippen molar-refractivity contribution >= 4 is 11.6 Å². The molecule has 23 heavy (non-hydrogen) atoms. The van der Waals surface area contributed by atoms with Crippen molar-refractivity contribution in [3.05, 3.63) is 24.3 Å². The number of carbonyl (C=O) groups is 1. The maximum atomic E-state index is 12.5. The summed E-state index contributed by atoms with van der Waals surface area (Å²) >= 11 is 0. The van der Waals surface area contributed by atoms with E-state index < -0.39 is 0 Å². The molecule has 2 aliphatic rings. The van der Waals surface area contributed by atoms with E-state index in [0.717, 1.165) is 50.4 Å². The maximum Gasteiger partial charge on any atom is 0.241 e. The van der Waals surface area contributed by atoms with Gasteiger partial charge >= 0.3 is 0 Å². The van der Waals surface area contributed by atoms with Gasteiger partial charge in [0.1, 0.15) is 11.9 Å². The number of hydrogen-bond donors (Lipinski definition) is 1. The summed E-state index contributed by atoms with van der Waals surface area (Å²) in [5.74, 6) is 0.927. The molecule has 0 spiro atoms. The topological polar surface area (TPSA) is 50.8 Å². The first-order valence-electron chi connectivity index (χ1n) is 8.65.